The van der Waals surface area contributed by atoms with E-state index in [1.165, 1.54) is 6.07 Å². The molecule has 120 valence electrons. The largest absolute Gasteiger partial charge is 0.378 e. The average Bonchev–Trinajstić information content (AvgIpc) is 3.04. The fourth-order valence-electron chi connectivity index (χ4n) is 2.25. The summed E-state index contributed by atoms with van der Waals surface area (Å²) in [6.45, 7) is 3.31. The number of ether oxygens (including phenoxy) is 1. The number of benzene rings is 1. The van der Waals surface area contributed by atoms with Crippen molar-refractivity contribution in [1.29, 1.82) is 0 Å². The van der Waals surface area contributed by atoms with Crippen molar-refractivity contribution in [3.05, 3.63) is 46.8 Å². The fraction of sp³-hybridized carbons (Fsp3) is 0.250. The highest BCUT2D eigenvalue weighted by atomic mass is 32.2. The normalized spacial score (nSPS) is 15.1. The van der Waals surface area contributed by atoms with Gasteiger partial charge in [0.05, 0.1) is 18.1 Å². The lowest BCUT2D eigenvalue weighted by atomic mass is 10.2. The monoisotopic (exact) mass is 348 g/mol. The summed E-state index contributed by atoms with van der Waals surface area (Å²) in [7, 11) is -3.65. The lowest BCUT2D eigenvalue weighted by Gasteiger charge is -2.28. The molecule has 1 fully saturated rings. The van der Waals surface area contributed by atoms with E-state index in [-0.39, 0.29) is 4.21 Å². The standard InChI is InChI=1S/C16H16N2O3S2/c17-23(19,20)16-8-7-15(22-16)6-3-13-1-4-14(5-2-13)18-9-11-21-12-10-18/h1-2,4-5,7-8H,9-12H2,(H2,17,19,20). The van der Waals surface area contributed by atoms with Crippen LogP contribution in [-0.4, -0.2) is 34.7 Å². The summed E-state index contributed by atoms with van der Waals surface area (Å²) < 4.78 is 27.9. The van der Waals surface area contributed by atoms with Crippen LogP contribution in [0.5, 0.6) is 0 Å². The van der Waals surface area contributed by atoms with Gasteiger partial charge in [-0.1, -0.05) is 11.8 Å². The molecule has 1 aromatic heterocycles. The maximum absolute atomic E-state index is 11.2. The summed E-state index contributed by atoms with van der Waals surface area (Å²) in [6.07, 6.45) is 0. The Kier molecular flexibility index (Phi) is 4.68. The number of anilines is 1. The molecule has 2 N–H and O–H groups in total. The zero-order valence-corrected chi connectivity index (χ0v) is 14.0. The zero-order valence-electron chi connectivity index (χ0n) is 12.4. The maximum atomic E-state index is 11.2. The Balaban J connectivity index is 1.72. The number of nitrogens with two attached hydrogens (primary N) is 1. The Morgan fingerprint density at radius 1 is 1.04 bits per heavy atom. The molecule has 0 radical (unpaired) electrons. The Bertz CT molecular complexity index is 839. The molecule has 2 heterocycles. The Hall–Kier alpha value is -1.85. The molecule has 0 saturated carbocycles. The first-order valence-corrected chi connectivity index (χ1v) is 9.46. The van der Waals surface area contributed by atoms with E-state index >= 15 is 0 Å². The zero-order chi connectivity index (χ0) is 16.3. The summed E-state index contributed by atoms with van der Waals surface area (Å²) in [5, 5.41) is 5.09. The molecule has 1 aliphatic heterocycles. The molecule has 3 rings (SSSR count). The van der Waals surface area contributed by atoms with Crippen LogP contribution in [0.2, 0.25) is 0 Å². The molecular weight excluding hydrogens is 332 g/mol. The van der Waals surface area contributed by atoms with Gasteiger partial charge in [-0.05, 0) is 36.4 Å². The van der Waals surface area contributed by atoms with Gasteiger partial charge in [-0.2, -0.15) is 0 Å². The van der Waals surface area contributed by atoms with Gasteiger partial charge in [0, 0.05) is 24.3 Å². The first-order chi connectivity index (χ1) is 11.0. The van der Waals surface area contributed by atoms with Crippen LogP contribution in [0, 0.1) is 11.8 Å². The molecule has 0 spiro atoms. The third kappa shape index (κ3) is 4.12. The van der Waals surface area contributed by atoms with Crippen LogP contribution in [0.25, 0.3) is 0 Å². The van der Waals surface area contributed by atoms with E-state index in [0.29, 0.717) is 4.88 Å². The Morgan fingerprint density at radius 3 is 2.35 bits per heavy atom. The Labute approximate surface area is 139 Å². The average molecular weight is 348 g/mol. The van der Waals surface area contributed by atoms with E-state index in [9.17, 15) is 8.42 Å². The third-order valence-electron chi connectivity index (χ3n) is 3.44. The number of primary sulfonamides is 1. The first kappa shape index (κ1) is 16.0. The first-order valence-electron chi connectivity index (χ1n) is 7.10. The van der Waals surface area contributed by atoms with Crippen molar-refractivity contribution < 1.29 is 13.2 Å². The van der Waals surface area contributed by atoms with Crippen molar-refractivity contribution >= 4 is 27.0 Å². The SMILES string of the molecule is NS(=O)(=O)c1ccc(C#Cc2ccc(N3CCOCC3)cc2)s1. The number of hydrogen-bond acceptors (Lipinski definition) is 5. The van der Waals surface area contributed by atoms with E-state index in [2.05, 4.69) is 16.7 Å². The van der Waals surface area contributed by atoms with Gasteiger partial charge in [0.25, 0.3) is 0 Å². The van der Waals surface area contributed by atoms with E-state index in [0.717, 1.165) is 48.9 Å². The van der Waals surface area contributed by atoms with Crippen LogP contribution >= 0.6 is 11.3 Å². The van der Waals surface area contributed by atoms with Crippen LogP contribution < -0.4 is 10.0 Å². The lowest BCUT2D eigenvalue weighted by Crippen LogP contribution is -2.36. The third-order valence-corrected chi connectivity index (χ3v) is 5.87. The quantitative estimate of drug-likeness (QED) is 0.838. The van der Waals surface area contributed by atoms with Crippen molar-refractivity contribution in [3.8, 4) is 11.8 Å². The number of morpholine rings is 1. The van der Waals surface area contributed by atoms with Gasteiger partial charge < -0.3 is 9.64 Å². The molecule has 1 aliphatic rings. The highest BCUT2D eigenvalue weighted by Gasteiger charge is 2.11. The minimum atomic E-state index is -3.65. The van der Waals surface area contributed by atoms with Crippen LogP contribution in [0.1, 0.15) is 10.4 Å². The van der Waals surface area contributed by atoms with Crippen molar-refractivity contribution in [2.45, 2.75) is 4.21 Å². The van der Waals surface area contributed by atoms with E-state index < -0.39 is 10.0 Å². The number of nitrogens with zero attached hydrogens (tertiary/aromatic N) is 1. The van der Waals surface area contributed by atoms with E-state index in [4.69, 9.17) is 9.88 Å². The smallest absolute Gasteiger partial charge is 0.247 e. The molecule has 0 amide bonds. The second-order valence-corrected chi connectivity index (χ2v) is 7.93. The van der Waals surface area contributed by atoms with Gasteiger partial charge in [0.2, 0.25) is 10.0 Å². The van der Waals surface area contributed by atoms with Gasteiger partial charge in [-0.3, -0.25) is 0 Å². The molecule has 0 atom stereocenters. The molecule has 2 aromatic rings. The number of rotatable bonds is 2. The van der Waals surface area contributed by atoms with Crippen molar-refractivity contribution in [3.63, 3.8) is 0 Å². The van der Waals surface area contributed by atoms with E-state index in [1.54, 1.807) is 6.07 Å². The predicted molar refractivity (Wildman–Crippen MR) is 91.1 cm³/mol. The second kappa shape index (κ2) is 6.72. The van der Waals surface area contributed by atoms with Gasteiger partial charge in [-0.15, -0.1) is 11.3 Å². The molecule has 1 saturated heterocycles. The molecule has 0 bridgehead atoms. The molecular formula is C16H16N2O3S2. The minimum Gasteiger partial charge on any atom is -0.378 e. The summed E-state index contributed by atoms with van der Waals surface area (Å²) >= 11 is 1.08. The molecule has 1 aromatic carbocycles. The molecule has 23 heavy (non-hydrogen) atoms. The van der Waals surface area contributed by atoms with Crippen molar-refractivity contribution in [2.75, 3.05) is 31.2 Å². The number of sulfonamides is 1. The second-order valence-electron chi connectivity index (χ2n) is 5.06. The highest BCUT2D eigenvalue weighted by molar-refractivity contribution is 7.91. The highest BCUT2D eigenvalue weighted by Crippen LogP contribution is 2.20. The maximum Gasteiger partial charge on any atom is 0.247 e. The van der Waals surface area contributed by atoms with Gasteiger partial charge in [0.1, 0.15) is 4.21 Å². The summed E-state index contributed by atoms with van der Waals surface area (Å²) in [4.78, 5) is 2.95. The number of hydrogen-bond donors (Lipinski definition) is 1. The fourth-order valence-corrected chi connectivity index (χ4v) is 3.83. The van der Waals surface area contributed by atoms with Crippen LogP contribution in [-0.2, 0) is 14.8 Å². The summed E-state index contributed by atoms with van der Waals surface area (Å²) in [5.41, 5.74) is 2.04. The lowest BCUT2D eigenvalue weighted by molar-refractivity contribution is 0.122. The van der Waals surface area contributed by atoms with Gasteiger partial charge >= 0.3 is 0 Å². The van der Waals surface area contributed by atoms with Crippen molar-refractivity contribution in [1.82, 2.24) is 0 Å². The summed E-state index contributed by atoms with van der Waals surface area (Å²) in [5.74, 6) is 6.00. The molecule has 7 heteroatoms. The topological polar surface area (TPSA) is 72.6 Å². The predicted octanol–water partition coefficient (Wildman–Crippen LogP) is 1.63. The van der Waals surface area contributed by atoms with Gasteiger partial charge in [0.15, 0.2) is 0 Å². The Morgan fingerprint density at radius 2 is 1.74 bits per heavy atom. The van der Waals surface area contributed by atoms with Crippen LogP contribution in [0.3, 0.4) is 0 Å². The van der Waals surface area contributed by atoms with Crippen molar-refractivity contribution in [2.24, 2.45) is 5.14 Å². The number of thiophene rings is 1. The summed E-state index contributed by atoms with van der Waals surface area (Å²) in [6, 6.07) is 11.2. The van der Waals surface area contributed by atoms with Gasteiger partial charge in [-0.25, -0.2) is 13.6 Å². The molecule has 0 unspecified atom stereocenters. The minimum absolute atomic E-state index is 0.129. The van der Waals surface area contributed by atoms with E-state index in [1.807, 2.05) is 24.3 Å². The molecule has 0 aliphatic carbocycles. The van der Waals surface area contributed by atoms with Crippen LogP contribution in [0.4, 0.5) is 5.69 Å². The molecule has 5 nitrogen and oxygen atoms in total. The van der Waals surface area contributed by atoms with Crippen LogP contribution in [0.15, 0.2) is 40.6 Å².